The molecule has 4 aromatic rings. The highest BCUT2D eigenvalue weighted by Crippen LogP contribution is 2.21. The lowest BCUT2D eigenvalue weighted by Gasteiger charge is -2.05. The van der Waals surface area contributed by atoms with Gasteiger partial charge in [0.2, 0.25) is 5.95 Å². The van der Waals surface area contributed by atoms with Crippen LogP contribution in [0.3, 0.4) is 0 Å². The number of para-hydroxylation sites is 1. The van der Waals surface area contributed by atoms with E-state index in [-0.39, 0.29) is 17.4 Å². The van der Waals surface area contributed by atoms with E-state index in [0.717, 1.165) is 11.1 Å². The molecule has 2 aromatic heterocycles. The van der Waals surface area contributed by atoms with Gasteiger partial charge in [-0.05, 0) is 35.9 Å². The Balaban J connectivity index is 1.62. The van der Waals surface area contributed by atoms with Gasteiger partial charge in [-0.1, -0.05) is 24.3 Å². The summed E-state index contributed by atoms with van der Waals surface area (Å²) in [4.78, 5) is 35.1. The average molecular weight is 358 g/mol. The van der Waals surface area contributed by atoms with Crippen molar-refractivity contribution in [3.05, 3.63) is 78.1 Å². The fourth-order valence-electron chi connectivity index (χ4n) is 2.82. The molecule has 3 N–H and O–H groups in total. The monoisotopic (exact) mass is 358 g/mol. The molecule has 1 amide bonds. The van der Waals surface area contributed by atoms with Crippen LogP contribution in [0.2, 0.25) is 0 Å². The van der Waals surface area contributed by atoms with Crippen LogP contribution in [0, 0.1) is 0 Å². The first-order valence-corrected chi connectivity index (χ1v) is 8.15. The van der Waals surface area contributed by atoms with E-state index in [1.54, 1.807) is 42.7 Å². The van der Waals surface area contributed by atoms with Crippen molar-refractivity contribution in [1.29, 1.82) is 0 Å². The third-order valence-electron chi connectivity index (χ3n) is 4.09. The number of nitrogens with zero attached hydrogens (tertiary/aromatic N) is 2. The van der Waals surface area contributed by atoms with Crippen molar-refractivity contribution in [1.82, 2.24) is 15.0 Å². The maximum absolute atomic E-state index is 12.6. The quantitative estimate of drug-likeness (QED) is 0.517. The highest BCUT2D eigenvalue weighted by molar-refractivity contribution is 6.06. The number of carboxylic acids is 1. The molecule has 0 aliphatic heterocycles. The summed E-state index contributed by atoms with van der Waals surface area (Å²) in [5, 5.41) is 11.9. The van der Waals surface area contributed by atoms with Gasteiger partial charge in [0.1, 0.15) is 5.52 Å². The molecule has 2 heterocycles. The minimum absolute atomic E-state index is 0.0721. The Morgan fingerprint density at radius 2 is 1.81 bits per heavy atom. The van der Waals surface area contributed by atoms with E-state index in [4.69, 9.17) is 0 Å². The maximum atomic E-state index is 12.6. The second-order valence-corrected chi connectivity index (χ2v) is 5.87. The number of imidazole rings is 1. The van der Waals surface area contributed by atoms with E-state index in [1.165, 1.54) is 6.07 Å². The van der Waals surface area contributed by atoms with Crippen molar-refractivity contribution >= 4 is 28.9 Å². The number of aromatic nitrogens is 3. The highest BCUT2D eigenvalue weighted by Gasteiger charge is 2.14. The number of fused-ring (bicyclic) bond motifs is 1. The lowest BCUT2D eigenvalue weighted by Crippen LogP contribution is -2.13. The number of carbonyl (C=O) groups excluding carboxylic acids is 1. The van der Waals surface area contributed by atoms with Crippen molar-refractivity contribution in [3.63, 3.8) is 0 Å². The predicted molar refractivity (Wildman–Crippen MR) is 101 cm³/mol. The number of hydrogen-bond donors (Lipinski definition) is 3. The molecule has 0 spiro atoms. The Morgan fingerprint density at radius 3 is 2.59 bits per heavy atom. The molecule has 27 heavy (non-hydrogen) atoms. The van der Waals surface area contributed by atoms with Gasteiger partial charge < -0.3 is 10.1 Å². The summed E-state index contributed by atoms with van der Waals surface area (Å²) in [6.45, 7) is 0. The van der Waals surface area contributed by atoms with Crippen LogP contribution >= 0.6 is 0 Å². The third-order valence-corrected chi connectivity index (χ3v) is 4.09. The molecular formula is C20H14N4O3. The number of nitrogens with one attached hydrogen (secondary N) is 2. The molecule has 7 nitrogen and oxygen atoms in total. The number of anilines is 1. The van der Waals surface area contributed by atoms with Gasteiger partial charge in [0.05, 0.1) is 11.1 Å². The van der Waals surface area contributed by atoms with Crippen LogP contribution in [0.25, 0.3) is 22.2 Å². The third kappa shape index (κ3) is 3.25. The van der Waals surface area contributed by atoms with E-state index in [2.05, 4.69) is 20.3 Å². The Bertz CT molecular complexity index is 1150. The molecule has 0 unspecified atom stereocenters. The normalized spacial score (nSPS) is 10.7. The van der Waals surface area contributed by atoms with Crippen molar-refractivity contribution in [2.75, 3.05) is 5.32 Å². The molecule has 0 atom stereocenters. The van der Waals surface area contributed by atoms with Gasteiger partial charge in [0, 0.05) is 23.5 Å². The number of aromatic carboxylic acids is 1. The van der Waals surface area contributed by atoms with Crippen LogP contribution in [0.4, 0.5) is 5.95 Å². The summed E-state index contributed by atoms with van der Waals surface area (Å²) < 4.78 is 0. The predicted octanol–water partition coefficient (Wildman–Crippen LogP) is 3.58. The smallest absolute Gasteiger partial charge is 0.337 e. The first-order chi connectivity index (χ1) is 13.1. The van der Waals surface area contributed by atoms with Gasteiger partial charge in [0.15, 0.2) is 0 Å². The van der Waals surface area contributed by atoms with Gasteiger partial charge in [-0.2, -0.15) is 0 Å². The molecular weight excluding hydrogens is 344 g/mol. The number of benzene rings is 2. The SMILES string of the molecule is O=C(Nc1nc2c(C(=O)O)cccc2[nH]1)c1cccc(-c2cccnc2)c1. The summed E-state index contributed by atoms with van der Waals surface area (Å²) >= 11 is 0. The fraction of sp³-hybridized carbons (Fsp3) is 0. The molecule has 0 saturated heterocycles. The number of aromatic amines is 1. The zero-order valence-corrected chi connectivity index (χ0v) is 14.0. The molecule has 4 rings (SSSR count). The van der Waals surface area contributed by atoms with Crippen LogP contribution in [0.15, 0.2) is 67.0 Å². The number of H-pyrrole nitrogens is 1. The summed E-state index contributed by atoms with van der Waals surface area (Å²) in [5.74, 6) is -1.23. The summed E-state index contributed by atoms with van der Waals surface area (Å²) in [6.07, 6.45) is 3.41. The first kappa shape index (κ1) is 16.5. The summed E-state index contributed by atoms with van der Waals surface area (Å²) in [5.41, 5.74) is 3.13. The lowest BCUT2D eigenvalue weighted by molar-refractivity contribution is 0.0698. The standard InChI is InChI=1S/C20H14N4O3/c25-18(13-5-1-4-12(10-13)14-6-3-9-21-11-14)24-20-22-16-8-2-7-15(19(26)27)17(16)23-20/h1-11H,(H,26,27)(H2,22,23,24,25). The zero-order valence-electron chi connectivity index (χ0n) is 14.0. The molecule has 132 valence electrons. The van der Waals surface area contributed by atoms with Crippen LogP contribution < -0.4 is 5.32 Å². The van der Waals surface area contributed by atoms with Crippen molar-refractivity contribution < 1.29 is 14.7 Å². The van der Waals surface area contributed by atoms with Gasteiger partial charge in [-0.25, -0.2) is 9.78 Å². The number of rotatable bonds is 4. The number of carboxylic acid groups (broad SMARTS) is 1. The Labute approximate surface area is 153 Å². The molecule has 0 aliphatic carbocycles. The minimum Gasteiger partial charge on any atom is -0.478 e. The summed E-state index contributed by atoms with van der Waals surface area (Å²) in [6, 6.07) is 15.7. The Hall–Kier alpha value is -4.00. The molecule has 0 radical (unpaired) electrons. The second-order valence-electron chi connectivity index (χ2n) is 5.87. The molecule has 0 bridgehead atoms. The Kier molecular flexibility index (Phi) is 4.10. The van der Waals surface area contributed by atoms with E-state index in [9.17, 15) is 14.7 Å². The van der Waals surface area contributed by atoms with Crippen LogP contribution in [-0.4, -0.2) is 31.9 Å². The first-order valence-electron chi connectivity index (χ1n) is 8.15. The molecule has 0 fully saturated rings. The number of amides is 1. The van der Waals surface area contributed by atoms with Crippen molar-refractivity contribution in [2.24, 2.45) is 0 Å². The van der Waals surface area contributed by atoms with E-state index in [0.29, 0.717) is 16.6 Å². The minimum atomic E-state index is -1.07. The molecule has 7 heteroatoms. The van der Waals surface area contributed by atoms with Gasteiger partial charge in [-0.15, -0.1) is 0 Å². The molecule has 2 aromatic carbocycles. The summed E-state index contributed by atoms with van der Waals surface area (Å²) in [7, 11) is 0. The molecule has 0 aliphatic rings. The van der Waals surface area contributed by atoms with Crippen molar-refractivity contribution in [2.45, 2.75) is 0 Å². The zero-order chi connectivity index (χ0) is 18.8. The maximum Gasteiger partial charge on any atom is 0.337 e. The average Bonchev–Trinajstić information content (AvgIpc) is 3.11. The van der Waals surface area contributed by atoms with E-state index < -0.39 is 5.97 Å². The van der Waals surface area contributed by atoms with Gasteiger partial charge in [0.25, 0.3) is 5.91 Å². The Morgan fingerprint density at radius 1 is 1.00 bits per heavy atom. The van der Waals surface area contributed by atoms with Crippen LogP contribution in [0.5, 0.6) is 0 Å². The topological polar surface area (TPSA) is 108 Å². The van der Waals surface area contributed by atoms with E-state index >= 15 is 0 Å². The van der Waals surface area contributed by atoms with Crippen LogP contribution in [-0.2, 0) is 0 Å². The highest BCUT2D eigenvalue weighted by atomic mass is 16.4. The van der Waals surface area contributed by atoms with Crippen LogP contribution in [0.1, 0.15) is 20.7 Å². The van der Waals surface area contributed by atoms with Crippen molar-refractivity contribution in [3.8, 4) is 11.1 Å². The largest absolute Gasteiger partial charge is 0.478 e. The number of carbonyl (C=O) groups is 2. The second kappa shape index (κ2) is 6.72. The van der Waals surface area contributed by atoms with Gasteiger partial charge in [-0.3, -0.25) is 15.1 Å². The number of pyridine rings is 1. The molecule has 0 saturated carbocycles. The lowest BCUT2D eigenvalue weighted by atomic mass is 10.0. The number of hydrogen-bond acceptors (Lipinski definition) is 4. The fourth-order valence-corrected chi connectivity index (χ4v) is 2.82. The van der Waals surface area contributed by atoms with Gasteiger partial charge >= 0.3 is 5.97 Å². The van der Waals surface area contributed by atoms with E-state index in [1.807, 2.05) is 18.2 Å².